The quantitative estimate of drug-likeness (QED) is 0.469. The van der Waals surface area contributed by atoms with Gasteiger partial charge in [-0.1, -0.05) is 30.0 Å². The van der Waals surface area contributed by atoms with Gasteiger partial charge in [-0.15, -0.1) is 0 Å². The molecule has 0 aliphatic rings. The molecule has 0 atom stereocenters. The lowest BCUT2D eigenvalue weighted by Gasteiger charge is -2.06. The molecule has 0 fully saturated rings. The van der Waals surface area contributed by atoms with Gasteiger partial charge in [0, 0.05) is 11.9 Å². The Morgan fingerprint density at radius 3 is 2.79 bits per heavy atom. The molecule has 0 unspecified atom stereocenters. The van der Waals surface area contributed by atoms with E-state index >= 15 is 0 Å². The Labute approximate surface area is 149 Å². The van der Waals surface area contributed by atoms with Gasteiger partial charge in [-0.2, -0.15) is 5.10 Å². The molecule has 0 radical (unpaired) electrons. The van der Waals surface area contributed by atoms with Crippen molar-refractivity contribution in [1.82, 2.24) is 10.4 Å². The maximum Gasteiger partial charge on any atom is 0.234 e. The molecule has 2 rings (SSSR count). The molecule has 124 valence electrons. The van der Waals surface area contributed by atoms with E-state index in [-0.39, 0.29) is 11.7 Å². The van der Waals surface area contributed by atoms with Crippen LogP contribution in [0.1, 0.15) is 5.69 Å². The predicted molar refractivity (Wildman–Crippen MR) is 102 cm³/mol. The first-order chi connectivity index (χ1) is 11.7. The largest absolute Gasteiger partial charge is 0.497 e. The van der Waals surface area contributed by atoms with Crippen LogP contribution < -0.4 is 15.5 Å². The highest BCUT2D eigenvalue weighted by Crippen LogP contribution is 2.15. The molecule has 2 N–H and O–H groups in total. The van der Waals surface area contributed by atoms with Crippen LogP contribution in [-0.4, -0.2) is 34.3 Å². The minimum absolute atomic E-state index is 0.150. The number of methoxy groups -OCH3 is 1. The number of nitrogens with one attached hydrogen (secondary N) is 2. The number of hydrogen-bond donors (Lipinski definition) is 2. The number of anilines is 1. The zero-order valence-electron chi connectivity index (χ0n) is 12.9. The summed E-state index contributed by atoms with van der Waals surface area (Å²) in [6.07, 6.45) is 3.24. The van der Waals surface area contributed by atoms with Crippen molar-refractivity contribution in [2.75, 3.05) is 18.2 Å². The number of nitrogens with zero attached hydrogens (tertiary/aromatic N) is 2. The van der Waals surface area contributed by atoms with Gasteiger partial charge >= 0.3 is 0 Å². The Kier molecular flexibility index (Phi) is 7.19. The maximum absolute atomic E-state index is 11.9. The Morgan fingerprint density at radius 1 is 1.33 bits per heavy atom. The summed E-state index contributed by atoms with van der Waals surface area (Å²) in [6.45, 7) is 0. The van der Waals surface area contributed by atoms with Gasteiger partial charge in [0.2, 0.25) is 5.91 Å². The summed E-state index contributed by atoms with van der Waals surface area (Å²) in [5.41, 5.74) is 4.11. The highest BCUT2D eigenvalue weighted by Gasteiger charge is 2.05. The number of pyridine rings is 1. The smallest absolute Gasteiger partial charge is 0.234 e. The monoisotopic (exact) mass is 360 g/mol. The number of ether oxygens (including phenoxy) is 1. The van der Waals surface area contributed by atoms with Gasteiger partial charge in [0.25, 0.3) is 0 Å². The SMILES string of the molecule is COc1ccc(NC(=O)CSC(=S)N/N=C/c2ccccn2)cc1. The van der Waals surface area contributed by atoms with Crippen LogP contribution >= 0.6 is 24.0 Å². The van der Waals surface area contributed by atoms with Crippen molar-refractivity contribution in [2.24, 2.45) is 5.10 Å². The lowest BCUT2D eigenvalue weighted by molar-refractivity contribution is -0.113. The van der Waals surface area contributed by atoms with Crippen molar-refractivity contribution in [2.45, 2.75) is 0 Å². The van der Waals surface area contributed by atoms with Gasteiger partial charge in [0.1, 0.15) is 5.75 Å². The van der Waals surface area contributed by atoms with Gasteiger partial charge in [-0.05, 0) is 36.4 Å². The number of aromatic nitrogens is 1. The number of benzene rings is 1. The first-order valence-corrected chi connectivity index (χ1v) is 8.37. The second-order valence-corrected chi connectivity index (χ2v) is 6.13. The fourth-order valence-electron chi connectivity index (χ4n) is 1.64. The van der Waals surface area contributed by atoms with Crippen molar-refractivity contribution < 1.29 is 9.53 Å². The topological polar surface area (TPSA) is 75.6 Å². The molecular formula is C16H16N4O2S2. The van der Waals surface area contributed by atoms with Gasteiger partial charge in [-0.25, -0.2) is 0 Å². The third-order valence-corrected chi connectivity index (χ3v) is 3.95. The van der Waals surface area contributed by atoms with Crippen LogP contribution in [0.5, 0.6) is 5.75 Å². The maximum atomic E-state index is 11.9. The average Bonchev–Trinajstić information content (AvgIpc) is 2.61. The first kappa shape index (κ1) is 17.9. The van der Waals surface area contributed by atoms with E-state index in [1.807, 2.05) is 18.2 Å². The summed E-state index contributed by atoms with van der Waals surface area (Å²) in [7, 11) is 1.59. The highest BCUT2D eigenvalue weighted by atomic mass is 32.2. The lowest BCUT2D eigenvalue weighted by Crippen LogP contribution is -2.18. The molecule has 0 aliphatic heterocycles. The van der Waals surface area contributed by atoms with Crippen molar-refractivity contribution in [3.8, 4) is 5.75 Å². The van der Waals surface area contributed by atoms with E-state index in [2.05, 4.69) is 20.8 Å². The second-order valence-electron chi connectivity index (χ2n) is 4.48. The molecule has 0 spiro atoms. The van der Waals surface area contributed by atoms with Crippen LogP contribution in [0, 0.1) is 0 Å². The number of rotatable bonds is 6. The fraction of sp³-hybridized carbons (Fsp3) is 0.125. The van der Waals surface area contributed by atoms with E-state index in [0.717, 1.165) is 11.4 Å². The fourth-order valence-corrected chi connectivity index (χ4v) is 2.32. The summed E-state index contributed by atoms with van der Waals surface area (Å²) < 4.78 is 5.47. The third kappa shape index (κ3) is 6.35. The zero-order chi connectivity index (χ0) is 17.2. The second kappa shape index (κ2) is 9.64. The minimum Gasteiger partial charge on any atom is -0.497 e. The van der Waals surface area contributed by atoms with Gasteiger partial charge in [0.05, 0.1) is 24.8 Å². The molecule has 0 saturated carbocycles. The molecule has 6 nitrogen and oxygen atoms in total. The molecule has 24 heavy (non-hydrogen) atoms. The predicted octanol–water partition coefficient (Wildman–Crippen LogP) is 2.67. The summed E-state index contributed by atoms with van der Waals surface area (Å²) in [5.74, 6) is 0.776. The van der Waals surface area contributed by atoms with E-state index in [0.29, 0.717) is 10.0 Å². The highest BCUT2D eigenvalue weighted by molar-refractivity contribution is 8.23. The number of thioether (sulfide) groups is 1. The number of thiocarbonyl (C=S) groups is 1. The molecular weight excluding hydrogens is 344 g/mol. The van der Waals surface area contributed by atoms with Crippen LogP contribution in [0.3, 0.4) is 0 Å². The van der Waals surface area contributed by atoms with Gasteiger partial charge in [0.15, 0.2) is 4.32 Å². The van der Waals surface area contributed by atoms with Crippen molar-refractivity contribution in [3.05, 3.63) is 54.4 Å². The van der Waals surface area contributed by atoms with E-state index in [9.17, 15) is 4.79 Å². The Hall–Kier alpha value is -2.45. The zero-order valence-corrected chi connectivity index (χ0v) is 14.6. The molecule has 1 aromatic heterocycles. The Balaban J connectivity index is 1.70. The van der Waals surface area contributed by atoms with E-state index < -0.39 is 0 Å². The molecule has 2 aromatic rings. The lowest BCUT2D eigenvalue weighted by atomic mass is 10.3. The summed E-state index contributed by atoms with van der Waals surface area (Å²) in [4.78, 5) is 16.0. The van der Waals surface area contributed by atoms with E-state index in [1.54, 1.807) is 43.8 Å². The molecule has 1 aromatic carbocycles. The molecule has 8 heteroatoms. The Morgan fingerprint density at radius 2 is 2.12 bits per heavy atom. The first-order valence-electron chi connectivity index (χ1n) is 6.98. The molecule has 1 amide bonds. The van der Waals surface area contributed by atoms with Crippen LogP contribution in [0.15, 0.2) is 53.8 Å². The molecule has 0 bridgehead atoms. The summed E-state index contributed by atoms with van der Waals surface area (Å²) in [6, 6.07) is 12.6. The van der Waals surface area contributed by atoms with Crippen LogP contribution in [0.2, 0.25) is 0 Å². The van der Waals surface area contributed by atoms with Gasteiger partial charge in [-0.3, -0.25) is 15.2 Å². The number of carbonyl (C=O) groups excluding carboxylic acids is 1. The molecule has 0 saturated heterocycles. The van der Waals surface area contributed by atoms with Crippen LogP contribution in [0.25, 0.3) is 0 Å². The summed E-state index contributed by atoms with van der Waals surface area (Å²) >= 11 is 6.30. The van der Waals surface area contributed by atoms with Crippen LogP contribution in [0.4, 0.5) is 5.69 Å². The third-order valence-electron chi connectivity index (χ3n) is 2.75. The average molecular weight is 360 g/mol. The number of hydrazone groups is 1. The summed E-state index contributed by atoms with van der Waals surface area (Å²) in [5, 5.41) is 6.76. The number of amides is 1. The van der Waals surface area contributed by atoms with Gasteiger partial charge < -0.3 is 10.1 Å². The number of carbonyl (C=O) groups is 1. The molecule has 1 heterocycles. The standard InChI is InChI=1S/C16H16N4O2S2/c1-22-14-7-5-12(6-8-14)19-15(21)11-24-16(23)20-18-10-13-4-2-3-9-17-13/h2-10H,11H2,1H3,(H,19,21)(H,20,23)/b18-10+. The minimum atomic E-state index is -0.150. The van der Waals surface area contributed by atoms with Crippen molar-refractivity contribution in [3.63, 3.8) is 0 Å². The van der Waals surface area contributed by atoms with E-state index in [1.165, 1.54) is 11.8 Å². The number of hydrogen-bond acceptors (Lipinski definition) is 6. The van der Waals surface area contributed by atoms with Crippen molar-refractivity contribution >= 4 is 46.1 Å². The Bertz CT molecular complexity index is 706. The van der Waals surface area contributed by atoms with E-state index in [4.69, 9.17) is 17.0 Å². The van der Waals surface area contributed by atoms with Crippen molar-refractivity contribution in [1.29, 1.82) is 0 Å². The molecule has 0 aliphatic carbocycles. The van der Waals surface area contributed by atoms with Crippen LogP contribution in [-0.2, 0) is 4.79 Å². The normalized spacial score (nSPS) is 10.4.